The lowest BCUT2D eigenvalue weighted by molar-refractivity contribution is 0.0674. The van der Waals surface area contributed by atoms with Crippen molar-refractivity contribution in [1.82, 2.24) is 4.90 Å². The molecule has 0 saturated heterocycles. The van der Waals surface area contributed by atoms with Crippen LogP contribution in [0.25, 0.3) is 0 Å². The molecule has 0 aliphatic carbocycles. The largest absolute Gasteiger partial charge is 0.385 e. The maximum absolute atomic E-state index is 12.4. The smallest absolute Gasteiger partial charge is 0.253 e. The Morgan fingerprint density at radius 3 is 2.58 bits per heavy atom. The van der Waals surface area contributed by atoms with E-state index in [1.54, 1.807) is 31.3 Å². The fourth-order valence-corrected chi connectivity index (χ4v) is 1.96. The van der Waals surface area contributed by atoms with Gasteiger partial charge in [-0.15, -0.1) is 12.6 Å². The lowest BCUT2D eigenvalue weighted by Crippen LogP contribution is -2.35. The van der Waals surface area contributed by atoms with E-state index in [-0.39, 0.29) is 5.91 Å². The van der Waals surface area contributed by atoms with Gasteiger partial charge >= 0.3 is 0 Å². The quantitative estimate of drug-likeness (QED) is 0.586. The molecule has 106 valence electrons. The number of hydrogen-bond donors (Lipinski definition) is 1. The fraction of sp³-hybridized carbons (Fsp3) is 0.500. The van der Waals surface area contributed by atoms with Crippen LogP contribution in [0.5, 0.6) is 0 Å². The van der Waals surface area contributed by atoms with Gasteiger partial charge in [-0.1, -0.05) is 6.07 Å². The van der Waals surface area contributed by atoms with Crippen molar-refractivity contribution in [2.45, 2.75) is 11.3 Å². The van der Waals surface area contributed by atoms with Crippen molar-refractivity contribution >= 4 is 18.5 Å². The fourth-order valence-electron chi connectivity index (χ4n) is 1.74. The van der Waals surface area contributed by atoms with Crippen molar-refractivity contribution in [3.05, 3.63) is 29.8 Å². The third-order valence-corrected chi connectivity index (χ3v) is 3.00. The molecule has 0 aliphatic rings. The van der Waals surface area contributed by atoms with Crippen LogP contribution >= 0.6 is 12.6 Å². The van der Waals surface area contributed by atoms with Gasteiger partial charge in [-0.3, -0.25) is 4.79 Å². The molecule has 4 nitrogen and oxygen atoms in total. The Hall–Kier alpha value is -1.04. The number of amides is 1. The number of thiol groups is 1. The van der Waals surface area contributed by atoms with Crippen LogP contribution in [0.2, 0.25) is 0 Å². The van der Waals surface area contributed by atoms with E-state index in [4.69, 9.17) is 9.47 Å². The summed E-state index contributed by atoms with van der Waals surface area (Å²) in [5.74, 6) is 0.00375. The van der Waals surface area contributed by atoms with Crippen LogP contribution in [0.1, 0.15) is 16.8 Å². The van der Waals surface area contributed by atoms with Gasteiger partial charge in [0.05, 0.1) is 6.61 Å². The molecule has 1 aromatic carbocycles. The molecule has 1 rings (SSSR count). The van der Waals surface area contributed by atoms with E-state index in [9.17, 15) is 4.79 Å². The highest BCUT2D eigenvalue weighted by Crippen LogP contribution is 2.11. The molecule has 1 amide bonds. The van der Waals surface area contributed by atoms with Crippen LogP contribution in [0.3, 0.4) is 0 Å². The number of hydrogen-bond acceptors (Lipinski definition) is 4. The Bertz CT molecular complexity index is 398. The van der Waals surface area contributed by atoms with E-state index < -0.39 is 0 Å². The number of methoxy groups -OCH3 is 2. The first kappa shape index (κ1) is 16.0. The summed E-state index contributed by atoms with van der Waals surface area (Å²) in [7, 11) is 3.29. The van der Waals surface area contributed by atoms with E-state index in [2.05, 4.69) is 12.6 Å². The molecule has 0 fully saturated rings. The zero-order valence-electron chi connectivity index (χ0n) is 11.5. The van der Waals surface area contributed by atoms with Gasteiger partial charge in [0.25, 0.3) is 5.91 Å². The molecule has 19 heavy (non-hydrogen) atoms. The summed E-state index contributed by atoms with van der Waals surface area (Å²) in [6.07, 6.45) is 0.812. The number of carbonyl (C=O) groups is 1. The summed E-state index contributed by atoms with van der Waals surface area (Å²) in [6, 6.07) is 7.27. The number of carbonyl (C=O) groups excluding carboxylic acids is 1. The summed E-state index contributed by atoms with van der Waals surface area (Å²) < 4.78 is 10.1. The first-order chi connectivity index (χ1) is 9.19. The van der Waals surface area contributed by atoms with Crippen LogP contribution in [-0.4, -0.2) is 51.3 Å². The van der Waals surface area contributed by atoms with Crippen molar-refractivity contribution in [3.63, 3.8) is 0 Å². The highest BCUT2D eigenvalue weighted by atomic mass is 32.1. The summed E-state index contributed by atoms with van der Waals surface area (Å²) in [5.41, 5.74) is 0.654. The highest BCUT2D eigenvalue weighted by Gasteiger charge is 2.15. The third-order valence-electron chi connectivity index (χ3n) is 2.72. The molecule has 0 bridgehead atoms. The van der Waals surface area contributed by atoms with E-state index >= 15 is 0 Å². The Morgan fingerprint density at radius 1 is 1.21 bits per heavy atom. The summed E-state index contributed by atoms with van der Waals surface area (Å²) in [5, 5.41) is 0. The average Bonchev–Trinajstić information content (AvgIpc) is 2.42. The third kappa shape index (κ3) is 5.63. The highest BCUT2D eigenvalue weighted by molar-refractivity contribution is 7.80. The topological polar surface area (TPSA) is 38.8 Å². The molecule has 0 unspecified atom stereocenters. The molecule has 0 N–H and O–H groups in total. The zero-order chi connectivity index (χ0) is 14.1. The van der Waals surface area contributed by atoms with Gasteiger partial charge in [-0.2, -0.15) is 0 Å². The van der Waals surface area contributed by atoms with Crippen molar-refractivity contribution in [1.29, 1.82) is 0 Å². The van der Waals surface area contributed by atoms with E-state index in [0.29, 0.717) is 31.9 Å². The van der Waals surface area contributed by atoms with Gasteiger partial charge in [0.1, 0.15) is 0 Å². The predicted molar refractivity (Wildman–Crippen MR) is 78.0 cm³/mol. The van der Waals surface area contributed by atoms with E-state index in [1.807, 2.05) is 12.1 Å². The normalized spacial score (nSPS) is 10.5. The number of benzene rings is 1. The standard InChI is InChI=1S/C14H21NO3S/c1-17-9-4-7-15(8-10-18-2)14(16)12-5-3-6-13(19)11-12/h3,5-6,11,19H,4,7-10H2,1-2H3. The molecule has 0 aromatic heterocycles. The summed E-state index contributed by atoms with van der Waals surface area (Å²) in [4.78, 5) is 15.0. The molecular formula is C14H21NO3S. The Labute approximate surface area is 120 Å². The second-order valence-electron chi connectivity index (χ2n) is 4.18. The van der Waals surface area contributed by atoms with Crippen molar-refractivity contribution < 1.29 is 14.3 Å². The Morgan fingerprint density at radius 2 is 1.95 bits per heavy atom. The zero-order valence-corrected chi connectivity index (χ0v) is 12.4. The van der Waals surface area contributed by atoms with Crippen LogP contribution < -0.4 is 0 Å². The van der Waals surface area contributed by atoms with Gasteiger partial charge in [0.2, 0.25) is 0 Å². The number of rotatable bonds is 8. The molecule has 0 spiro atoms. The van der Waals surface area contributed by atoms with Gasteiger partial charge < -0.3 is 14.4 Å². The van der Waals surface area contributed by atoms with Gasteiger partial charge in [0.15, 0.2) is 0 Å². The second kappa shape index (κ2) is 8.96. The average molecular weight is 283 g/mol. The monoisotopic (exact) mass is 283 g/mol. The van der Waals surface area contributed by atoms with Gasteiger partial charge in [-0.25, -0.2) is 0 Å². The molecule has 0 heterocycles. The van der Waals surface area contributed by atoms with Gasteiger partial charge in [-0.05, 0) is 24.6 Å². The first-order valence-corrected chi connectivity index (χ1v) is 6.70. The molecule has 1 aromatic rings. The number of nitrogens with zero attached hydrogens (tertiary/aromatic N) is 1. The van der Waals surface area contributed by atoms with Gasteiger partial charge in [0, 0.05) is 44.4 Å². The summed E-state index contributed by atoms with van der Waals surface area (Å²) in [6.45, 7) is 2.41. The van der Waals surface area contributed by atoms with Crippen LogP contribution in [0.15, 0.2) is 29.2 Å². The van der Waals surface area contributed by atoms with E-state index in [1.165, 1.54) is 0 Å². The minimum absolute atomic E-state index is 0.00375. The van der Waals surface area contributed by atoms with E-state index in [0.717, 1.165) is 11.3 Å². The summed E-state index contributed by atoms with van der Waals surface area (Å²) >= 11 is 4.26. The molecule has 0 radical (unpaired) electrons. The van der Waals surface area contributed by atoms with Crippen LogP contribution in [-0.2, 0) is 9.47 Å². The molecule has 0 aliphatic heterocycles. The minimum Gasteiger partial charge on any atom is -0.385 e. The molecule has 0 saturated carbocycles. The van der Waals surface area contributed by atoms with Crippen molar-refractivity contribution in [2.75, 3.05) is 40.5 Å². The Balaban J connectivity index is 2.69. The predicted octanol–water partition coefficient (Wildman–Crippen LogP) is 2.10. The molecule has 0 atom stereocenters. The van der Waals surface area contributed by atoms with Crippen molar-refractivity contribution in [2.24, 2.45) is 0 Å². The molecular weight excluding hydrogens is 262 g/mol. The second-order valence-corrected chi connectivity index (χ2v) is 4.70. The molecule has 5 heteroatoms. The van der Waals surface area contributed by atoms with Crippen molar-refractivity contribution in [3.8, 4) is 0 Å². The van der Waals surface area contributed by atoms with Crippen LogP contribution in [0, 0.1) is 0 Å². The maximum atomic E-state index is 12.4. The minimum atomic E-state index is 0.00375. The Kier molecular flexibility index (Phi) is 7.55. The first-order valence-electron chi connectivity index (χ1n) is 6.25. The maximum Gasteiger partial charge on any atom is 0.253 e. The number of ether oxygens (including phenoxy) is 2. The lowest BCUT2D eigenvalue weighted by atomic mass is 10.2. The van der Waals surface area contributed by atoms with Crippen LogP contribution in [0.4, 0.5) is 0 Å². The lowest BCUT2D eigenvalue weighted by Gasteiger charge is -2.22. The SMILES string of the molecule is COCCCN(CCOC)C(=O)c1cccc(S)c1.